The van der Waals surface area contributed by atoms with Gasteiger partial charge in [-0.25, -0.2) is 0 Å². The van der Waals surface area contributed by atoms with Gasteiger partial charge in [-0.05, 0) is 0 Å². The summed E-state index contributed by atoms with van der Waals surface area (Å²) in [5.74, 6) is 0.786. The van der Waals surface area contributed by atoms with Gasteiger partial charge in [0.1, 0.15) is 5.84 Å². The fourth-order valence-corrected chi connectivity index (χ4v) is 2.12. The molecule has 1 atom stereocenters. The standard InChI is InChI=1S/C8H20N2OSi/c1-9-7(10(2)3)8(11)12(4,5)6/h8,11H,1-6H3. The van der Waals surface area contributed by atoms with Crippen LogP contribution in [0.5, 0.6) is 0 Å². The van der Waals surface area contributed by atoms with Crippen molar-refractivity contribution in [3.8, 4) is 0 Å². The van der Waals surface area contributed by atoms with E-state index in [4.69, 9.17) is 0 Å². The van der Waals surface area contributed by atoms with E-state index in [0.717, 1.165) is 5.84 Å². The van der Waals surface area contributed by atoms with Gasteiger partial charge in [0.05, 0.1) is 13.8 Å². The summed E-state index contributed by atoms with van der Waals surface area (Å²) < 4.78 is 0. The van der Waals surface area contributed by atoms with Crippen LogP contribution in [0.4, 0.5) is 0 Å². The minimum absolute atomic E-state index is 0.363. The summed E-state index contributed by atoms with van der Waals surface area (Å²) in [6, 6.07) is 0. The zero-order valence-electron chi connectivity index (χ0n) is 8.92. The molecule has 3 nitrogen and oxygen atoms in total. The van der Waals surface area contributed by atoms with Crippen molar-refractivity contribution in [1.82, 2.24) is 4.90 Å². The van der Waals surface area contributed by atoms with Gasteiger partial charge in [0.15, 0.2) is 0 Å². The molecule has 0 radical (unpaired) electrons. The second-order valence-electron chi connectivity index (χ2n) is 4.24. The molecule has 0 saturated carbocycles. The minimum atomic E-state index is -1.52. The van der Waals surface area contributed by atoms with E-state index < -0.39 is 8.07 Å². The van der Waals surface area contributed by atoms with E-state index in [-0.39, 0.29) is 5.73 Å². The fourth-order valence-electron chi connectivity index (χ4n) is 0.954. The first-order chi connectivity index (χ1) is 5.30. The van der Waals surface area contributed by atoms with E-state index in [1.54, 1.807) is 7.05 Å². The second-order valence-corrected chi connectivity index (χ2v) is 9.52. The molecule has 0 rings (SSSR count). The van der Waals surface area contributed by atoms with Gasteiger partial charge in [-0.2, -0.15) is 0 Å². The van der Waals surface area contributed by atoms with Crippen LogP contribution in [0, 0.1) is 0 Å². The quantitative estimate of drug-likeness (QED) is 0.395. The van der Waals surface area contributed by atoms with Gasteiger partial charge in [0, 0.05) is 21.1 Å². The smallest absolute Gasteiger partial charge is 0.124 e. The maximum atomic E-state index is 9.91. The highest BCUT2D eigenvalue weighted by Gasteiger charge is 2.29. The molecular weight excluding hydrogens is 168 g/mol. The summed E-state index contributed by atoms with van der Waals surface area (Å²) in [4.78, 5) is 5.96. The Morgan fingerprint density at radius 1 is 1.33 bits per heavy atom. The number of rotatable bonds is 2. The average Bonchev–Trinajstić information content (AvgIpc) is 1.86. The second kappa shape index (κ2) is 4.05. The molecule has 0 aliphatic rings. The average molecular weight is 188 g/mol. The van der Waals surface area contributed by atoms with Crippen LogP contribution in [0.25, 0.3) is 0 Å². The molecule has 0 aliphatic heterocycles. The first-order valence-electron chi connectivity index (χ1n) is 4.12. The van der Waals surface area contributed by atoms with Crippen LogP contribution in [0.1, 0.15) is 0 Å². The molecule has 1 unspecified atom stereocenters. The summed E-state index contributed by atoms with van der Waals surface area (Å²) in [5, 5.41) is 9.91. The van der Waals surface area contributed by atoms with Crippen LogP contribution in [-0.2, 0) is 0 Å². The third kappa shape index (κ3) is 2.95. The first-order valence-corrected chi connectivity index (χ1v) is 7.70. The molecular formula is C8H20N2OSi. The highest BCUT2D eigenvalue weighted by Crippen LogP contribution is 2.10. The fraction of sp³-hybridized carbons (Fsp3) is 0.875. The summed E-state index contributed by atoms with van der Waals surface area (Å²) in [5.41, 5.74) is -0.363. The summed E-state index contributed by atoms with van der Waals surface area (Å²) in [6.07, 6.45) is 0. The summed E-state index contributed by atoms with van der Waals surface area (Å²) in [7, 11) is 4.01. The Labute approximate surface area is 76.1 Å². The molecule has 12 heavy (non-hydrogen) atoms. The molecule has 0 fully saturated rings. The lowest BCUT2D eigenvalue weighted by molar-refractivity contribution is 0.291. The minimum Gasteiger partial charge on any atom is -0.389 e. The molecule has 0 aromatic rings. The lowest BCUT2D eigenvalue weighted by Gasteiger charge is -2.28. The van der Waals surface area contributed by atoms with E-state index in [0.29, 0.717) is 0 Å². The Morgan fingerprint density at radius 3 is 1.83 bits per heavy atom. The maximum absolute atomic E-state index is 9.91. The summed E-state index contributed by atoms with van der Waals surface area (Å²) in [6.45, 7) is 6.39. The zero-order chi connectivity index (χ0) is 9.94. The number of aliphatic imine (C=N–C) groups is 1. The third-order valence-corrected chi connectivity index (χ3v) is 3.65. The van der Waals surface area contributed by atoms with Crippen LogP contribution in [0.3, 0.4) is 0 Å². The number of hydrogen-bond acceptors (Lipinski definition) is 2. The number of hydrogen-bond donors (Lipinski definition) is 1. The monoisotopic (exact) mass is 188 g/mol. The molecule has 0 saturated heterocycles. The molecule has 0 aromatic carbocycles. The van der Waals surface area contributed by atoms with Crippen molar-refractivity contribution in [3.05, 3.63) is 0 Å². The van der Waals surface area contributed by atoms with Crippen LogP contribution in [0.2, 0.25) is 19.6 Å². The first kappa shape index (κ1) is 11.6. The zero-order valence-corrected chi connectivity index (χ0v) is 9.92. The van der Waals surface area contributed by atoms with Crippen molar-refractivity contribution in [3.63, 3.8) is 0 Å². The van der Waals surface area contributed by atoms with Gasteiger partial charge in [-0.1, -0.05) is 19.6 Å². The molecule has 0 amide bonds. The summed E-state index contributed by atoms with van der Waals surface area (Å²) >= 11 is 0. The molecule has 0 bridgehead atoms. The number of likely N-dealkylation sites (N-methyl/N-ethyl adjacent to an activating group) is 1. The van der Waals surface area contributed by atoms with Crippen LogP contribution >= 0.6 is 0 Å². The molecule has 72 valence electrons. The van der Waals surface area contributed by atoms with Crippen molar-refractivity contribution in [2.75, 3.05) is 21.1 Å². The lowest BCUT2D eigenvalue weighted by Crippen LogP contribution is -2.49. The highest BCUT2D eigenvalue weighted by molar-refractivity contribution is 6.80. The van der Waals surface area contributed by atoms with Crippen molar-refractivity contribution >= 4 is 13.9 Å². The van der Waals surface area contributed by atoms with Crippen molar-refractivity contribution < 1.29 is 5.11 Å². The van der Waals surface area contributed by atoms with Crippen molar-refractivity contribution in [2.45, 2.75) is 25.4 Å². The Balaban J connectivity index is 4.56. The Kier molecular flexibility index (Phi) is 3.93. The topological polar surface area (TPSA) is 35.8 Å². The normalized spacial score (nSPS) is 16.1. The maximum Gasteiger partial charge on any atom is 0.124 e. The van der Waals surface area contributed by atoms with E-state index in [1.807, 2.05) is 19.0 Å². The third-order valence-electron chi connectivity index (χ3n) is 1.75. The van der Waals surface area contributed by atoms with Gasteiger partial charge in [-0.3, -0.25) is 4.99 Å². The van der Waals surface area contributed by atoms with Crippen molar-refractivity contribution in [1.29, 1.82) is 0 Å². The predicted molar refractivity (Wildman–Crippen MR) is 56.4 cm³/mol. The number of aliphatic hydroxyl groups excluding tert-OH is 1. The van der Waals surface area contributed by atoms with Gasteiger partial charge in [0.2, 0.25) is 0 Å². The van der Waals surface area contributed by atoms with E-state index in [9.17, 15) is 5.11 Å². The Hall–Kier alpha value is -0.353. The number of nitrogens with zero attached hydrogens (tertiary/aromatic N) is 2. The van der Waals surface area contributed by atoms with Crippen LogP contribution in [0.15, 0.2) is 4.99 Å². The predicted octanol–water partition coefficient (Wildman–Crippen LogP) is 0.815. The van der Waals surface area contributed by atoms with Crippen LogP contribution in [-0.4, -0.2) is 50.8 Å². The molecule has 0 aromatic heterocycles. The number of amidine groups is 1. The van der Waals surface area contributed by atoms with Crippen molar-refractivity contribution in [2.24, 2.45) is 4.99 Å². The van der Waals surface area contributed by atoms with Gasteiger partial charge in [0.25, 0.3) is 0 Å². The SMILES string of the molecule is CN=C(C(O)[Si](C)(C)C)N(C)C. The molecule has 4 heteroatoms. The van der Waals surface area contributed by atoms with E-state index in [1.165, 1.54) is 0 Å². The molecule has 1 N–H and O–H groups in total. The number of aliphatic hydroxyl groups is 1. The van der Waals surface area contributed by atoms with Gasteiger partial charge < -0.3 is 10.0 Å². The molecule has 0 heterocycles. The Morgan fingerprint density at radius 2 is 1.75 bits per heavy atom. The Bertz CT molecular complexity index is 172. The highest BCUT2D eigenvalue weighted by atomic mass is 28.3. The van der Waals surface area contributed by atoms with Gasteiger partial charge in [-0.15, -0.1) is 0 Å². The molecule has 0 aliphatic carbocycles. The molecule has 0 spiro atoms. The van der Waals surface area contributed by atoms with Crippen LogP contribution < -0.4 is 0 Å². The van der Waals surface area contributed by atoms with Gasteiger partial charge >= 0.3 is 0 Å². The largest absolute Gasteiger partial charge is 0.389 e. The lowest BCUT2D eigenvalue weighted by atomic mass is 10.5. The van der Waals surface area contributed by atoms with E-state index in [2.05, 4.69) is 24.6 Å². The van der Waals surface area contributed by atoms with E-state index >= 15 is 0 Å².